The van der Waals surface area contributed by atoms with Gasteiger partial charge in [-0.1, -0.05) is 22.0 Å². The molecule has 0 aliphatic heterocycles. The highest BCUT2D eigenvalue weighted by atomic mass is 79.9. The molecule has 0 atom stereocenters. The monoisotopic (exact) mass is 346 g/mol. The van der Waals surface area contributed by atoms with Crippen LogP contribution >= 0.6 is 15.9 Å². The van der Waals surface area contributed by atoms with Gasteiger partial charge >= 0.3 is 0 Å². The second kappa shape index (κ2) is 6.54. The van der Waals surface area contributed by atoms with Gasteiger partial charge in [0.25, 0.3) is 5.91 Å². The van der Waals surface area contributed by atoms with Crippen LogP contribution in [0.5, 0.6) is 0 Å². The van der Waals surface area contributed by atoms with Gasteiger partial charge in [0.1, 0.15) is 0 Å². The molecule has 0 heterocycles. The van der Waals surface area contributed by atoms with Gasteiger partial charge in [0, 0.05) is 28.3 Å². The predicted molar refractivity (Wildman–Crippen MR) is 87.6 cm³/mol. The summed E-state index contributed by atoms with van der Waals surface area (Å²) in [4.78, 5) is 23.3. The molecular weight excluding hydrogens is 332 g/mol. The molecule has 2 rings (SSSR count). The van der Waals surface area contributed by atoms with Gasteiger partial charge in [-0.2, -0.15) is 0 Å². The fourth-order valence-corrected chi connectivity index (χ4v) is 2.16. The average molecular weight is 347 g/mol. The summed E-state index contributed by atoms with van der Waals surface area (Å²) in [5.41, 5.74) is 2.76. The van der Waals surface area contributed by atoms with E-state index in [0.717, 1.165) is 10.0 Å². The first kappa shape index (κ1) is 15.3. The van der Waals surface area contributed by atoms with Gasteiger partial charge in [-0.3, -0.25) is 9.59 Å². The summed E-state index contributed by atoms with van der Waals surface area (Å²) in [6.07, 6.45) is 0. The highest BCUT2D eigenvalue weighted by Gasteiger charge is 2.10. The number of hydrogen-bond acceptors (Lipinski definition) is 2. The number of benzene rings is 2. The molecule has 0 saturated carbocycles. The maximum Gasteiger partial charge on any atom is 0.255 e. The maximum atomic E-state index is 12.2. The number of rotatable bonds is 3. The molecule has 2 aromatic rings. The molecule has 0 bridgehead atoms. The summed E-state index contributed by atoms with van der Waals surface area (Å²) in [7, 11) is 0. The molecule has 5 heteroatoms. The Balaban J connectivity index is 2.21. The molecule has 4 nitrogen and oxygen atoms in total. The predicted octanol–water partition coefficient (Wildman–Crippen LogP) is 3.97. The Morgan fingerprint density at radius 2 is 1.52 bits per heavy atom. The SMILES string of the molecule is CC(=O)Nc1cccc(NC(=O)c2ccc(Br)cc2)c1C. The molecule has 0 fully saturated rings. The first-order valence-corrected chi connectivity index (χ1v) is 7.21. The van der Waals surface area contributed by atoms with Crippen LogP contribution in [0.4, 0.5) is 11.4 Å². The van der Waals surface area contributed by atoms with E-state index >= 15 is 0 Å². The molecule has 0 spiro atoms. The summed E-state index contributed by atoms with van der Waals surface area (Å²) < 4.78 is 0.919. The van der Waals surface area contributed by atoms with Crippen molar-refractivity contribution >= 4 is 39.1 Å². The molecule has 2 amide bonds. The topological polar surface area (TPSA) is 58.2 Å². The zero-order valence-electron chi connectivity index (χ0n) is 11.7. The van der Waals surface area contributed by atoms with Crippen molar-refractivity contribution in [2.24, 2.45) is 0 Å². The van der Waals surface area contributed by atoms with Crippen LogP contribution in [0, 0.1) is 6.92 Å². The molecule has 0 radical (unpaired) electrons. The standard InChI is InChI=1S/C16H15BrN2O2/c1-10-14(18-11(2)20)4-3-5-15(10)19-16(21)12-6-8-13(17)9-7-12/h3-9H,1-2H3,(H,18,20)(H,19,21). The second-order valence-corrected chi connectivity index (χ2v) is 5.54. The van der Waals surface area contributed by atoms with E-state index in [-0.39, 0.29) is 11.8 Å². The molecule has 2 N–H and O–H groups in total. The Labute approximate surface area is 131 Å². The van der Waals surface area contributed by atoms with E-state index in [1.54, 1.807) is 30.3 Å². The minimum Gasteiger partial charge on any atom is -0.326 e. The number of anilines is 2. The van der Waals surface area contributed by atoms with Crippen molar-refractivity contribution in [3.05, 3.63) is 58.1 Å². The Morgan fingerprint density at radius 1 is 0.952 bits per heavy atom. The molecule has 2 aromatic carbocycles. The number of halogens is 1. The lowest BCUT2D eigenvalue weighted by molar-refractivity contribution is -0.114. The molecule has 0 unspecified atom stereocenters. The van der Waals surface area contributed by atoms with Crippen molar-refractivity contribution in [3.8, 4) is 0 Å². The summed E-state index contributed by atoms with van der Waals surface area (Å²) >= 11 is 3.33. The van der Waals surface area contributed by atoms with Crippen LogP contribution in [0.15, 0.2) is 46.9 Å². The van der Waals surface area contributed by atoms with Gasteiger partial charge in [-0.15, -0.1) is 0 Å². The number of nitrogens with one attached hydrogen (secondary N) is 2. The highest BCUT2D eigenvalue weighted by molar-refractivity contribution is 9.10. The quantitative estimate of drug-likeness (QED) is 0.883. The van der Waals surface area contributed by atoms with Crippen molar-refractivity contribution in [1.82, 2.24) is 0 Å². The molecule has 0 aromatic heterocycles. The van der Waals surface area contributed by atoms with E-state index in [9.17, 15) is 9.59 Å². The summed E-state index contributed by atoms with van der Waals surface area (Å²) in [6.45, 7) is 3.30. The third kappa shape index (κ3) is 3.92. The molecule has 0 aliphatic rings. The number of carbonyl (C=O) groups is 2. The fourth-order valence-electron chi connectivity index (χ4n) is 1.89. The van der Waals surface area contributed by atoms with E-state index < -0.39 is 0 Å². The fraction of sp³-hybridized carbons (Fsp3) is 0.125. The van der Waals surface area contributed by atoms with Crippen molar-refractivity contribution in [2.45, 2.75) is 13.8 Å². The minimum absolute atomic E-state index is 0.144. The summed E-state index contributed by atoms with van der Waals surface area (Å²) in [6, 6.07) is 12.5. The lowest BCUT2D eigenvalue weighted by Gasteiger charge is -2.12. The Hall–Kier alpha value is -2.14. The van der Waals surface area contributed by atoms with Crippen LogP contribution < -0.4 is 10.6 Å². The first-order chi connectivity index (χ1) is 9.97. The summed E-state index contributed by atoms with van der Waals surface area (Å²) in [5.74, 6) is -0.333. The van der Waals surface area contributed by atoms with Gasteiger partial charge in [0.2, 0.25) is 5.91 Å². The number of carbonyl (C=O) groups excluding carboxylic acids is 2. The minimum atomic E-state index is -0.189. The van der Waals surface area contributed by atoms with E-state index in [1.807, 2.05) is 19.1 Å². The van der Waals surface area contributed by atoms with Gasteiger partial charge in [-0.05, 0) is 48.9 Å². The van der Waals surface area contributed by atoms with Crippen molar-refractivity contribution in [2.75, 3.05) is 10.6 Å². The zero-order chi connectivity index (χ0) is 15.4. The molecular formula is C16H15BrN2O2. The van der Waals surface area contributed by atoms with E-state index in [1.165, 1.54) is 6.92 Å². The molecule has 0 aliphatic carbocycles. The van der Waals surface area contributed by atoms with Crippen LogP contribution in [0.25, 0.3) is 0 Å². The third-order valence-electron chi connectivity index (χ3n) is 3.00. The van der Waals surface area contributed by atoms with Gasteiger partial charge in [-0.25, -0.2) is 0 Å². The van der Waals surface area contributed by atoms with Crippen LogP contribution in [-0.4, -0.2) is 11.8 Å². The highest BCUT2D eigenvalue weighted by Crippen LogP contribution is 2.24. The van der Waals surface area contributed by atoms with Gasteiger partial charge < -0.3 is 10.6 Å². The van der Waals surface area contributed by atoms with Crippen LogP contribution in [0.1, 0.15) is 22.8 Å². The van der Waals surface area contributed by atoms with E-state index in [2.05, 4.69) is 26.6 Å². The smallest absolute Gasteiger partial charge is 0.255 e. The van der Waals surface area contributed by atoms with Crippen molar-refractivity contribution in [3.63, 3.8) is 0 Å². The van der Waals surface area contributed by atoms with Crippen LogP contribution in [0.3, 0.4) is 0 Å². The number of amides is 2. The van der Waals surface area contributed by atoms with Crippen LogP contribution in [0.2, 0.25) is 0 Å². The van der Waals surface area contributed by atoms with Gasteiger partial charge in [0.15, 0.2) is 0 Å². The molecule has 21 heavy (non-hydrogen) atoms. The first-order valence-electron chi connectivity index (χ1n) is 6.41. The largest absolute Gasteiger partial charge is 0.326 e. The zero-order valence-corrected chi connectivity index (χ0v) is 13.3. The van der Waals surface area contributed by atoms with Gasteiger partial charge in [0.05, 0.1) is 0 Å². The number of hydrogen-bond donors (Lipinski definition) is 2. The molecule has 108 valence electrons. The van der Waals surface area contributed by atoms with E-state index in [0.29, 0.717) is 16.9 Å². The normalized spacial score (nSPS) is 10.0. The van der Waals surface area contributed by atoms with E-state index in [4.69, 9.17) is 0 Å². The molecule has 0 saturated heterocycles. The second-order valence-electron chi connectivity index (χ2n) is 4.62. The van der Waals surface area contributed by atoms with Crippen molar-refractivity contribution in [1.29, 1.82) is 0 Å². The Bertz CT molecular complexity index is 681. The maximum absolute atomic E-state index is 12.2. The Kier molecular flexibility index (Phi) is 4.75. The Morgan fingerprint density at radius 3 is 2.10 bits per heavy atom. The lowest BCUT2D eigenvalue weighted by Crippen LogP contribution is -2.14. The summed E-state index contributed by atoms with van der Waals surface area (Å²) in [5, 5.41) is 5.59. The van der Waals surface area contributed by atoms with Crippen LogP contribution in [-0.2, 0) is 4.79 Å². The van der Waals surface area contributed by atoms with Crippen molar-refractivity contribution < 1.29 is 9.59 Å². The average Bonchev–Trinajstić information content (AvgIpc) is 2.43. The lowest BCUT2D eigenvalue weighted by atomic mass is 10.1. The third-order valence-corrected chi connectivity index (χ3v) is 3.53.